The molecule has 0 radical (unpaired) electrons. The van der Waals surface area contributed by atoms with Crippen molar-refractivity contribution in [3.05, 3.63) is 95.1 Å². The Morgan fingerprint density at radius 2 is 1.51 bits per heavy atom. The van der Waals surface area contributed by atoms with Crippen molar-refractivity contribution in [2.75, 3.05) is 14.2 Å². The molecule has 0 aromatic heterocycles. The molecule has 0 aliphatic carbocycles. The first-order valence-electron chi connectivity index (χ1n) is 13.8. The van der Waals surface area contributed by atoms with Gasteiger partial charge in [-0.2, -0.15) is 0 Å². The maximum absolute atomic E-state index is 13.2. The van der Waals surface area contributed by atoms with Crippen molar-refractivity contribution >= 4 is 26.3 Å². The molecule has 0 fully saturated rings. The molecule has 2 unspecified atom stereocenters. The Hall–Kier alpha value is -3.04. The van der Waals surface area contributed by atoms with Crippen molar-refractivity contribution in [1.29, 1.82) is 0 Å². The van der Waals surface area contributed by atoms with E-state index in [0.29, 0.717) is 27.0 Å². The van der Waals surface area contributed by atoms with Crippen LogP contribution >= 0.6 is 0 Å². The first-order chi connectivity index (χ1) is 19.0. The zero-order valence-electron chi connectivity index (χ0n) is 23.4. The number of carbonyl (C=O) groups excluding carboxylic acids is 2. The molecule has 3 aromatic rings. The van der Waals surface area contributed by atoms with Crippen LogP contribution in [0.4, 0.5) is 0 Å². The molecule has 3 aromatic carbocycles. The summed E-state index contributed by atoms with van der Waals surface area (Å²) in [6.07, 6.45) is 8.68. The first-order valence-corrected chi connectivity index (χ1v) is 16.1. The molecule has 0 saturated carbocycles. The van der Waals surface area contributed by atoms with Crippen LogP contribution in [0.2, 0.25) is 4.71 Å². The Morgan fingerprint density at radius 1 is 0.821 bits per heavy atom. The summed E-state index contributed by atoms with van der Waals surface area (Å²) in [5, 5.41) is 0. The van der Waals surface area contributed by atoms with Crippen molar-refractivity contribution in [2.45, 2.75) is 69.6 Å². The quantitative estimate of drug-likeness (QED) is 0.0964. The van der Waals surface area contributed by atoms with Gasteiger partial charge in [0.2, 0.25) is 0 Å². The van der Waals surface area contributed by atoms with E-state index in [-0.39, 0.29) is 12.6 Å². The number of methoxy groups -OCH3 is 2. The van der Waals surface area contributed by atoms with Gasteiger partial charge in [-0.25, -0.2) is 0 Å². The number of ether oxygens (including phenoxy) is 3. The van der Waals surface area contributed by atoms with Crippen LogP contribution in [-0.4, -0.2) is 40.5 Å². The third-order valence-corrected chi connectivity index (χ3v) is 9.72. The average molecular weight is 593 g/mol. The van der Waals surface area contributed by atoms with Gasteiger partial charge in [-0.3, -0.25) is 0 Å². The van der Waals surface area contributed by atoms with Gasteiger partial charge in [-0.1, -0.05) is 0 Å². The molecule has 0 bridgehead atoms. The van der Waals surface area contributed by atoms with Gasteiger partial charge < -0.3 is 0 Å². The second-order valence-corrected chi connectivity index (χ2v) is 13.2. The van der Waals surface area contributed by atoms with E-state index in [4.69, 9.17) is 14.2 Å². The average Bonchev–Trinajstić information content (AvgIpc) is 2.96. The Balaban J connectivity index is 1.57. The van der Waals surface area contributed by atoms with Crippen molar-refractivity contribution in [2.24, 2.45) is 0 Å². The van der Waals surface area contributed by atoms with Crippen LogP contribution in [0, 0.1) is 0 Å². The summed E-state index contributed by atoms with van der Waals surface area (Å²) in [4.78, 5) is 25.2. The molecular weight excluding hydrogens is 551 g/mol. The Labute approximate surface area is 239 Å². The number of hydrogen-bond acceptors (Lipinski definition) is 5. The minimum absolute atomic E-state index is 0.263. The molecule has 0 aliphatic rings. The van der Waals surface area contributed by atoms with E-state index in [1.54, 1.807) is 19.2 Å². The van der Waals surface area contributed by atoms with Gasteiger partial charge in [0.05, 0.1) is 7.11 Å². The van der Waals surface area contributed by atoms with E-state index in [0.717, 1.165) is 29.7 Å². The number of rotatable bonds is 17. The van der Waals surface area contributed by atoms with Crippen LogP contribution in [0.1, 0.15) is 72.5 Å². The molecule has 0 spiro atoms. The van der Waals surface area contributed by atoms with Crippen molar-refractivity contribution < 1.29 is 23.8 Å². The van der Waals surface area contributed by atoms with Gasteiger partial charge in [0, 0.05) is 0 Å². The minimum atomic E-state index is -0.789. The third-order valence-electron chi connectivity index (χ3n) is 6.79. The Bertz CT molecular complexity index is 1170. The van der Waals surface area contributed by atoms with E-state index >= 15 is 0 Å². The standard InChI is InChI=1S/C33H41AsO5/c1-4-5-6-7-8-15-28(23-26-13-10-12-17-31(26)37-2)34-32(35)22-25-18-20-29(21-19-25)39-24-27-14-9-11-16-30(27)33(36)38-3/h9-14,16-21,28,34H,4-8,15,22-24H2,1-3H3. The predicted octanol–water partition coefficient (Wildman–Crippen LogP) is 6.96. The van der Waals surface area contributed by atoms with Crippen LogP contribution in [0.5, 0.6) is 11.5 Å². The molecule has 0 aliphatic heterocycles. The number of benzene rings is 3. The first kappa shape index (κ1) is 30.5. The molecule has 0 N–H and O–H groups in total. The van der Waals surface area contributed by atoms with Crippen molar-refractivity contribution in [3.8, 4) is 11.5 Å². The Kier molecular flexibility index (Phi) is 13.2. The van der Waals surface area contributed by atoms with E-state index < -0.39 is 15.8 Å². The number of unbranched alkanes of at least 4 members (excludes halogenated alkanes) is 4. The van der Waals surface area contributed by atoms with Crippen LogP contribution in [0.25, 0.3) is 0 Å². The second kappa shape index (κ2) is 16.8. The van der Waals surface area contributed by atoms with Crippen LogP contribution in [0.3, 0.4) is 0 Å². The summed E-state index contributed by atoms with van der Waals surface area (Å²) in [6, 6.07) is 23.2. The number of esters is 1. The van der Waals surface area contributed by atoms with Gasteiger partial charge in [-0.05, 0) is 0 Å². The van der Waals surface area contributed by atoms with Gasteiger partial charge >= 0.3 is 233 Å². The summed E-state index contributed by atoms with van der Waals surface area (Å²) >= 11 is -0.789. The molecule has 39 heavy (non-hydrogen) atoms. The van der Waals surface area contributed by atoms with Gasteiger partial charge in [0.25, 0.3) is 0 Å². The Morgan fingerprint density at radius 3 is 2.23 bits per heavy atom. The second-order valence-electron chi connectivity index (χ2n) is 9.74. The van der Waals surface area contributed by atoms with E-state index in [9.17, 15) is 9.59 Å². The van der Waals surface area contributed by atoms with Gasteiger partial charge in [-0.15, -0.1) is 0 Å². The topological polar surface area (TPSA) is 61.8 Å². The molecule has 2 atom stereocenters. The van der Waals surface area contributed by atoms with Gasteiger partial charge in [0.15, 0.2) is 0 Å². The summed E-state index contributed by atoms with van der Waals surface area (Å²) < 4.78 is 17.2. The molecule has 6 heteroatoms. The van der Waals surface area contributed by atoms with E-state index in [2.05, 4.69) is 19.1 Å². The van der Waals surface area contributed by atoms with E-state index in [1.165, 1.54) is 44.8 Å². The monoisotopic (exact) mass is 592 g/mol. The normalized spacial score (nSPS) is 11.9. The third kappa shape index (κ3) is 10.2. The fraction of sp³-hybridized carbons (Fsp3) is 0.394. The number of para-hydroxylation sites is 1. The summed E-state index contributed by atoms with van der Waals surface area (Å²) in [5.41, 5.74) is 3.47. The summed E-state index contributed by atoms with van der Waals surface area (Å²) in [6.45, 7) is 2.50. The zero-order chi connectivity index (χ0) is 27.9. The molecule has 3 rings (SSSR count). The maximum atomic E-state index is 13.2. The molecule has 0 heterocycles. The fourth-order valence-corrected chi connectivity index (χ4v) is 7.64. The molecular formula is C33H41AsO5. The van der Waals surface area contributed by atoms with Crippen molar-refractivity contribution in [1.82, 2.24) is 0 Å². The van der Waals surface area contributed by atoms with Gasteiger partial charge in [0.1, 0.15) is 0 Å². The number of carbonyl (C=O) groups is 2. The van der Waals surface area contributed by atoms with E-state index in [1.807, 2.05) is 48.5 Å². The molecule has 5 nitrogen and oxygen atoms in total. The summed E-state index contributed by atoms with van der Waals surface area (Å²) in [5.74, 6) is 1.23. The van der Waals surface area contributed by atoms with Crippen LogP contribution in [-0.2, 0) is 29.0 Å². The summed E-state index contributed by atoms with van der Waals surface area (Å²) in [7, 11) is 3.09. The molecule has 0 saturated heterocycles. The molecule has 0 amide bonds. The van der Waals surface area contributed by atoms with Crippen LogP contribution < -0.4 is 9.47 Å². The number of hydrogen-bond donors (Lipinski definition) is 0. The zero-order valence-corrected chi connectivity index (χ0v) is 25.5. The van der Waals surface area contributed by atoms with Crippen molar-refractivity contribution in [3.63, 3.8) is 0 Å². The molecule has 208 valence electrons. The predicted molar refractivity (Wildman–Crippen MR) is 158 cm³/mol. The van der Waals surface area contributed by atoms with Crippen LogP contribution in [0.15, 0.2) is 72.8 Å². The SMILES string of the molecule is CCCCCCCC(Cc1ccccc1OC)[AsH]C(=O)Cc1ccc(OCc2ccccc2C(=O)OC)cc1. The fourth-order valence-electron chi connectivity index (χ4n) is 4.64.